The highest BCUT2D eigenvalue weighted by atomic mass is 16.5. The molecule has 0 spiro atoms. The lowest BCUT2D eigenvalue weighted by Gasteiger charge is -2.11. The van der Waals surface area contributed by atoms with Crippen LogP contribution in [0.2, 0.25) is 0 Å². The molecule has 0 unspecified atom stereocenters. The van der Waals surface area contributed by atoms with E-state index in [-0.39, 0.29) is 18.4 Å². The van der Waals surface area contributed by atoms with E-state index in [2.05, 4.69) is 15.8 Å². The van der Waals surface area contributed by atoms with Crippen LogP contribution in [0.3, 0.4) is 0 Å². The van der Waals surface area contributed by atoms with E-state index in [1.807, 2.05) is 31.2 Å². The summed E-state index contributed by atoms with van der Waals surface area (Å²) < 4.78 is 10.5. The molecule has 0 fully saturated rings. The molecule has 2 N–H and O–H groups in total. The van der Waals surface area contributed by atoms with E-state index in [1.165, 1.54) is 6.20 Å². The van der Waals surface area contributed by atoms with Crippen molar-refractivity contribution in [2.24, 2.45) is 0 Å². The van der Waals surface area contributed by atoms with Gasteiger partial charge in [-0.3, -0.25) is 9.59 Å². The van der Waals surface area contributed by atoms with Crippen molar-refractivity contribution in [1.29, 1.82) is 0 Å². The average Bonchev–Trinajstić information content (AvgIpc) is 3.14. The Morgan fingerprint density at radius 3 is 2.36 bits per heavy atom. The number of benzene rings is 2. The molecule has 7 heteroatoms. The van der Waals surface area contributed by atoms with Crippen molar-refractivity contribution in [2.75, 3.05) is 17.2 Å². The van der Waals surface area contributed by atoms with Crippen LogP contribution >= 0.6 is 0 Å². The maximum atomic E-state index is 12.1. The molecule has 3 rings (SSSR count). The van der Waals surface area contributed by atoms with Gasteiger partial charge in [-0.15, -0.1) is 0 Å². The second kappa shape index (κ2) is 8.85. The number of aryl methyl sites for hydroxylation is 2. The smallest absolute Gasteiger partial charge is 0.262 e. The van der Waals surface area contributed by atoms with E-state index in [9.17, 15) is 9.59 Å². The highest BCUT2D eigenvalue weighted by Crippen LogP contribution is 2.19. The molecule has 0 bridgehead atoms. The number of ether oxygens (including phenoxy) is 1. The van der Waals surface area contributed by atoms with Crippen molar-refractivity contribution < 1.29 is 18.8 Å². The second-order valence-corrected chi connectivity index (χ2v) is 6.13. The van der Waals surface area contributed by atoms with Gasteiger partial charge < -0.3 is 19.9 Å². The Kier molecular flexibility index (Phi) is 6.06. The summed E-state index contributed by atoms with van der Waals surface area (Å²) in [5.41, 5.74) is 2.63. The molecule has 0 saturated carbocycles. The van der Waals surface area contributed by atoms with Gasteiger partial charge in [-0.1, -0.05) is 30.3 Å². The van der Waals surface area contributed by atoms with Gasteiger partial charge in [0.05, 0.1) is 6.20 Å². The van der Waals surface area contributed by atoms with Crippen molar-refractivity contribution in [3.63, 3.8) is 0 Å². The lowest BCUT2D eigenvalue weighted by molar-refractivity contribution is -0.118. The van der Waals surface area contributed by atoms with E-state index >= 15 is 0 Å². The second-order valence-electron chi connectivity index (χ2n) is 6.13. The number of hydrogen-bond acceptors (Lipinski definition) is 5. The molecule has 3 aromatic rings. The lowest BCUT2D eigenvalue weighted by atomic mass is 10.1. The van der Waals surface area contributed by atoms with Crippen LogP contribution in [0.1, 0.15) is 28.6 Å². The zero-order chi connectivity index (χ0) is 19.9. The number of aromatic nitrogens is 1. The third kappa shape index (κ3) is 4.76. The summed E-state index contributed by atoms with van der Waals surface area (Å²) in [6.45, 7) is 3.62. The minimum absolute atomic E-state index is 0.0811. The van der Waals surface area contributed by atoms with Gasteiger partial charge in [-0.2, -0.15) is 0 Å². The van der Waals surface area contributed by atoms with Gasteiger partial charge in [-0.05, 0) is 49.2 Å². The topological polar surface area (TPSA) is 93.5 Å². The molecule has 144 valence electrons. The fourth-order valence-electron chi connectivity index (χ4n) is 2.63. The van der Waals surface area contributed by atoms with E-state index in [0.717, 1.165) is 12.0 Å². The molecule has 0 radical (unpaired) electrons. The van der Waals surface area contributed by atoms with Gasteiger partial charge in [0.2, 0.25) is 0 Å². The molecule has 7 nitrogen and oxygen atoms in total. The van der Waals surface area contributed by atoms with Crippen LogP contribution in [0.15, 0.2) is 59.3 Å². The molecule has 1 aromatic heterocycles. The molecule has 0 aliphatic carbocycles. The number of anilines is 2. The van der Waals surface area contributed by atoms with Crippen molar-refractivity contribution >= 4 is 23.2 Å². The molecule has 2 amide bonds. The van der Waals surface area contributed by atoms with E-state index in [0.29, 0.717) is 28.4 Å². The molecule has 0 saturated heterocycles. The number of carbonyl (C=O) groups excluding carboxylic acids is 2. The summed E-state index contributed by atoms with van der Waals surface area (Å²) in [6.07, 6.45) is 2.20. The number of nitrogens with one attached hydrogen (secondary N) is 2. The Morgan fingerprint density at radius 2 is 1.71 bits per heavy atom. The molecule has 0 aliphatic rings. The Labute approximate surface area is 162 Å². The quantitative estimate of drug-likeness (QED) is 0.651. The van der Waals surface area contributed by atoms with Gasteiger partial charge in [-0.25, -0.2) is 0 Å². The molecule has 0 aliphatic heterocycles. The fraction of sp³-hybridized carbons (Fsp3) is 0.190. The maximum Gasteiger partial charge on any atom is 0.262 e. The van der Waals surface area contributed by atoms with Crippen LogP contribution in [0.5, 0.6) is 5.75 Å². The predicted molar refractivity (Wildman–Crippen MR) is 106 cm³/mol. The van der Waals surface area contributed by atoms with E-state index in [1.54, 1.807) is 31.2 Å². The lowest BCUT2D eigenvalue weighted by Crippen LogP contribution is -2.20. The van der Waals surface area contributed by atoms with Gasteiger partial charge in [0, 0.05) is 11.4 Å². The van der Waals surface area contributed by atoms with Crippen LogP contribution in [-0.4, -0.2) is 23.6 Å². The number of rotatable bonds is 7. The average molecular weight is 379 g/mol. The van der Waals surface area contributed by atoms with Gasteiger partial charge >= 0.3 is 0 Å². The Hall–Kier alpha value is -3.61. The summed E-state index contributed by atoms with van der Waals surface area (Å²) in [5, 5.41) is 9.10. The first-order valence-corrected chi connectivity index (χ1v) is 8.90. The monoisotopic (exact) mass is 379 g/mol. The van der Waals surface area contributed by atoms with Crippen LogP contribution < -0.4 is 15.4 Å². The van der Waals surface area contributed by atoms with Gasteiger partial charge in [0.1, 0.15) is 17.1 Å². The summed E-state index contributed by atoms with van der Waals surface area (Å²) in [6, 6.07) is 14.4. The van der Waals surface area contributed by atoms with E-state index in [4.69, 9.17) is 9.26 Å². The van der Waals surface area contributed by atoms with Crippen LogP contribution in [-0.2, 0) is 11.2 Å². The maximum absolute atomic E-state index is 12.1. The Balaban J connectivity index is 1.53. The standard InChI is InChI=1S/C21H21N3O4/c1-3-15-6-4-5-7-19(15)27-13-20(25)23-16-8-10-17(11-9-16)24-21(26)18-12-22-28-14(18)2/h4-12H,3,13H2,1-2H3,(H,23,25)(H,24,26). The Morgan fingerprint density at radius 1 is 1.04 bits per heavy atom. The fourth-order valence-corrected chi connectivity index (χ4v) is 2.63. The first-order valence-electron chi connectivity index (χ1n) is 8.90. The molecule has 2 aromatic carbocycles. The largest absolute Gasteiger partial charge is 0.483 e. The number of hydrogen-bond donors (Lipinski definition) is 2. The highest BCUT2D eigenvalue weighted by Gasteiger charge is 2.13. The number of carbonyl (C=O) groups is 2. The zero-order valence-corrected chi connectivity index (χ0v) is 15.7. The molecular formula is C21H21N3O4. The van der Waals surface area contributed by atoms with Crippen LogP contribution in [0.4, 0.5) is 11.4 Å². The number of para-hydroxylation sites is 1. The van der Waals surface area contributed by atoms with Crippen LogP contribution in [0, 0.1) is 6.92 Å². The van der Waals surface area contributed by atoms with E-state index < -0.39 is 0 Å². The first-order chi connectivity index (χ1) is 13.6. The van der Waals surface area contributed by atoms with Gasteiger partial charge in [0.25, 0.3) is 11.8 Å². The molecule has 28 heavy (non-hydrogen) atoms. The minimum Gasteiger partial charge on any atom is -0.483 e. The SMILES string of the molecule is CCc1ccccc1OCC(=O)Nc1ccc(NC(=O)c2cnoc2C)cc1. The van der Waals surface area contributed by atoms with Gasteiger partial charge in [0.15, 0.2) is 6.61 Å². The molecule has 1 heterocycles. The number of nitrogens with zero attached hydrogens (tertiary/aromatic N) is 1. The van der Waals surface area contributed by atoms with Crippen molar-refractivity contribution in [3.8, 4) is 5.75 Å². The Bertz CT molecular complexity index is 964. The van der Waals surface area contributed by atoms with Crippen molar-refractivity contribution in [3.05, 3.63) is 71.6 Å². The third-order valence-corrected chi connectivity index (χ3v) is 4.13. The summed E-state index contributed by atoms with van der Waals surface area (Å²) in [7, 11) is 0. The summed E-state index contributed by atoms with van der Waals surface area (Å²) >= 11 is 0. The number of amides is 2. The normalized spacial score (nSPS) is 10.4. The zero-order valence-electron chi connectivity index (χ0n) is 15.7. The highest BCUT2D eigenvalue weighted by molar-refractivity contribution is 6.04. The molecular weight excluding hydrogens is 358 g/mol. The minimum atomic E-state index is -0.307. The predicted octanol–water partition coefficient (Wildman–Crippen LogP) is 3.82. The van der Waals surface area contributed by atoms with Crippen molar-refractivity contribution in [2.45, 2.75) is 20.3 Å². The molecule has 0 atom stereocenters. The summed E-state index contributed by atoms with van der Waals surface area (Å²) in [5.74, 6) is 0.592. The summed E-state index contributed by atoms with van der Waals surface area (Å²) in [4.78, 5) is 24.3. The van der Waals surface area contributed by atoms with Crippen LogP contribution in [0.25, 0.3) is 0 Å². The first kappa shape index (κ1) is 19.2. The van der Waals surface area contributed by atoms with Crippen molar-refractivity contribution in [1.82, 2.24) is 5.16 Å². The third-order valence-electron chi connectivity index (χ3n) is 4.13.